The van der Waals surface area contributed by atoms with E-state index in [0.29, 0.717) is 12.4 Å². The number of nitrogens with zero attached hydrogens (tertiary/aromatic N) is 3. The standard InChI is InChI=1S/C13H23N5O2S/c1-3-11-10-17(2)7-4-8-18(11)21(19,20)12-5-6-13(16-14)15-9-12/h5-6,9,11H,3-4,7-8,10,14H2,1-2H3,(H,15,16). The largest absolute Gasteiger partial charge is 0.308 e. The average molecular weight is 313 g/mol. The molecule has 0 bridgehead atoms. The highest BCUT2D eigenvalue weighted by atomic mass is 32.2. The van der Waals surface area contributed by atoms with Gasteiger partial charge in [0.15, 0.2) is 0 Å². The van der Waals surface area contributed by atoms with Crippen LogP contribution in [0.25, 0.3) is 0 Å². The highest BCUT2D eigenvalue weighted by Crippen LogP contribution is 2.22. The second-order valence-corrected chi connectivity index (χ2v) is 7.21. The Labute approximate surface area is 126 Å². The summed E-state index contributed by atoms with van der Waals surface area (Å²) >= 11 is 0. The first kappa shape index (κ1) is 16.2. The number of anilines is 1. The van der Waals surface area contributed by atoms with E-state index in [0.717, 1.165) is 25.9 Å². The molecular formula is C13H23N5O2S. The van der Waals surface area contributed by atoms with Gasteiger partial charge in [0.25, 0.3) is 0 Å². The molecular weight excluding hydrogens is 290 g/mol. The molecule has 1 aliphatic heterocycles. The van der Waals surface area contributed by atoms with Crippen LogP contribution >= 0.6 is 0 Å². The lowest BCUT2D eigenvalue weighted by molar-refractivity contribution is 0.270. The molecule has 1 fully saturated rings. The van der Waals surface area contributed by atoms with E-state index in [1.165, 1.54) is 6.20 Å². The van der Waals surface area contributed by atoms with Crippen LogP contribution in [0.15, 0.2) is 23.2 Å². The highest BCUT2D eigenvalue weighted by Gasteiger charge is 2.32. The van der Waals surface area contributed by atoms with Crippen LogP contribution in [-0.2, 0) is 10.0 Å². The summed E-state index contributed by atoms with van der Waals surface area (Å²) in [5, 5.41) is 0. The minimum absolute atomic E-state index is 0.00481. The van der Waals surface area contributed by atoms with Crippen LogP contribution < -0.4 is 11.3 Å². The van der Waals surface area contributed by atoms with Crippen molar-refractivity contribution in [2.45, 2.75) is 30.7 Å². The van der Waals surface area contributed by atoms with Gasteiger partial charge in [-0.2, -0.15) is 4.31 Å². The molecule has 1 aliphatic rings. The summed E-state index contributed by atoms with van der Waals surface area (Å²) in [6.45, 7) is 4.23. The van der Waals surface area contributed by atoms with E-state index in [-0.39, 0.29) is 10.9 Å². The second kappa shape index (κ2) is 6.69. The Morgan fingerprint density at radius 3 is 2.76 bits per heavy atom. The zero-order valence-corrected chi connectivity index (χ0v) is 13.3. The van der Waals surface area contributed by atoms with Gasteiger partial charge in [-0.1, -0.05) is 6.92 Å². The first-order valence-corrected chi connectivity index (χ1v) is 8.56. The number of nitrogens with one attached hydrogen (secondary N) is 1. The van der Waals surface area contributed by atoms with Crippen molar-refractivity contribution in [3.8, 4) is 0 Å². The molecule has 0 spiro atoms. The molecule has 0 saturated carbocycles. The van der Waals surface area contributed by atoms with E-state index in [9.17, 15) is 8.42 Å². The highest BCUT2D eigenvalue weighted by molar-refractivity contribution is 7.89. The number of hydrazine groups is 1. The number of sulfonamides is 1. The monoisotopic (exact) mass is 313 g/mol. The summed E-state index contributed by atoms with van der Waals surface area (Å²) in [6.07, 6.45) is 2.98. The van der Waals surface area contributed by atoms with E-state index < -0.39 is 10.0 Å². The minimum atomic E-state index is -3.52. The predicted molar refractivity (Wildman–Crippen MR) is 82.1 cm³/mol. The maximum absolute atomic E-state index is 12.8. The van der Waals surface area contributed by atoms with Crippen LogP contribution in [0.3, 0.4) is 0 Å². The molecule has 0 amide bonds. The van der Waals surface area contributed by atoms with Gasteiger partial charge in [0.2, 0.25) is 10.0 Å². The van der Waals surface area contributed by atoms with Gasteiger partial charge in [-0.05, 0) is 38.6 Å². The lowest BCUT2D eigenvalue weighted by Gasteiger charge is -2.29. The zero-order chi connectivity index (χ0) is 15.5. The maximum Gasteiger partial charge on any atom is 0.244 e. The van der Waals surface area contributed by atoms with Gasteiger partial charge in [-0.15, -0.1) is 0 Å². The number of hydrogen-bond donors (Lipinski definition) is 2. The number of pyridine rings is 1. The van der Waals surface area contributed by atoms with Crippen LogP contribution in [0.1, 0.15) is 19.8 Å². The van der Waals surface area contributed by atoms with Crippen molar-refractivity contribution < 1.29 is 8.42 Å². The summed E-state index contributed by atoms with van der Waals surface area (Å²) in [5.41, 5.74) is 2.39. The number of nitrogens with two attached hydrogens (primary N) is 1. The average Bonchev–Trinajstić information content (AvgIpc) is 2.68. The van der Waals surface area contributed by atoms with E-state index in [1.54, 1.807) is 16.4 Å². The summed E-state index contributed by atoms with van der Waals surface area (Å²) in [4.78, 5) is 6.39. The molecule has 1 aromatic rings. The molecule has 8 heteroatoms. The molecule has 1 unspecified atom stereocenters. The van der Waals surface area contributed by atoms with Crippen molar-refractivity contribution in [2.75, 3.05) is 32.1 Å². The van der Waals surface area contributed by atoms with Gasteiger partial charge in [0.1, 0.15) is 10.7 Å². The third-order valence-corrected chi connectivity index (χ3v) is 5.75. The summed E-state index contributed by atoms with van der Waals surface area (Å²) in [7, 11) is -1.49. The van der Waals surface area contributed by atoms with Crippen molar-refractivity contribution in [2.24, 2.45) is 5.84 Å². The van der Waals surface area contributed by atoms with Gasteiger partial charge < -0.3 is 10.3 Å². The summed E-state index contributed by atoms with van der Waals surface area (Å²) in [6, 6.07) is 3.10. The molecule has 2 heterocycles. The molecule has 2 rings (SSSR count). The van der Waals surface area contributed by atoms with Crippen LogP contribution in [0.5, 0.6) is 0 Å². The summed E-state index contributed by atoms with van der Waals surface area (Å²) in [5.74, 6) is 5.69. The van der Waals surface area contributed by atoms with E-state index >= 15 is 0 Å². The van der Waals surface area contributed by atoms with Gasteiger partial charge in [-0.3, -0.25) is 0 Å². The fraction of sp³-hybridized carbons (Fsp3) is 0.615. The lowest BCUT2D eigenvalue weighted by Crippen LogP contribution is -2.43. The van der Waals surface area contributed by atoms with Crippen molar-refractivity contribution in [3.63, 3.8) is 0 Å². The fourth-order valence-corrected chi connectivity index (χ4v) is 4.30. The smallest absolute Gasteiger partial charge is 0.244 e. The van der Waals surface area contributed by atoms with Gasteiger partial charge >= 0.3 is 0 Å². The fourth-order valence-electron chi connectivity index (χ4n) is 2.62. The zero-order valence-electron chi connectivity index (χ0n) is 12.5. The first-order chi connectivity index (χ1) is 9.98. The van der Waals surface area contributed by atoms with Crippen LogP contribution in [0.4, 0.5) is 5.82 Å². The Hall–Kier alpha value is -1.22. The number of likely N-dealkylation sites (N-methyl/N-ethyl adjacent to an activating group) is 1. The van der Waals surface area contributed by atoms with Crippen LogP contribution in [0, 0.1) is 0 Å². The Morgan fingerprint density at radius 2 is 2.19 bits per heavy atom. The van der Waals surface area contributed by atoms with Gasteiger partial charge in [0, 0.05) is 25.3 Å². The van der Waals surface area contributed by atoms with Crippen molar-refractivity contribution >= 4 is 15.8 Å². The third kappa shape index (κ3) is 3.52. The number of aromatic nitrogens is 1. The molecule has 0 aliphatic carbocycles. The van der Waals surface area contributed by atoms with Crippen molar-refractivity contribution in [3.05, 3.63) is 18.3 Å². The molecule has 1 atom stereocenters. The Balaban J connectivity index is 2.31. The van der Waals surface area contributed by atoms with Gasteiger partial charge in [0.05, 0.1) is 0 Å². The topological polar surface area (TPSA) is 91.6 Å². The molecule has 7 nitrogen and oxygen atoms in total. The Morgan fingerprint density at radius 1 is 1.43 bits per heavy atom. The second-order valence-electron chi connectivity index (χ2n) is 5.32. The molecule has 0 radical (unpaired) electrons. The molecule has 1 saturated heterocycles. The quantitative estimate of drug-likeness (QED) is 0.620. The molecule has 1 aromatic heterocycles. The number of hydrogen-bond acceptors (Lipinski definition) is 6. The molecule has 3 N–H and O–H groups in total. The van der Waals surface area contributed by atoms with Crippen molar-refractivity contribution in [1.82, 2.24) is 14.2 Å². The van der Waals surface area contributed by atoms with Crippen molar-refractivity contribution in [1.29, 1.82) is 0 Å². The number of rotatable bonds is 4. The van der Waals surface area contributed by atoms with Crippen LogP contribution in [0.2, 0.25) is 0 Å². The Kier molecular flexibility index (Phi) is 5.15. The molecule has 21 heavy (non-hydrogen) atoms. The number of nitrogen functional groups attached to an aromatic ring is 1. The first-order valence-electron chi connectivity index (χ1n) is 7.12. The minimum Gasteiger partial charge on any atom is -0.308 e. The lowest BCUT2D eigenvalue weighted by atomic mass is 10.2. The van der Waals surface area contributed by atoms with Crippen LogP contribution in [-0.4, -0.2) is 55.3 Å². The third-order valence-electron chi connectivity index (χ3n) is 3.81. The van der Waals surface area contributed by atoms with E-state index in [2.05, 4.69) is 15.3 Å². The van der Waals surface area contributed by atoms with E-state index in [4.69, 9.17) is 5.84 Å². The molecule has 118 valence electrons. The Bertz CT molecular complexity index is 560. The normalized spacial score (nSPS) is 22.0. The molecule has 0 aromatic carbocycles. The van der Waals surface area contributed by atoms with E-state index in [1.807, 2.05) is 14.0 Å². The summed E-state index contributed by atoms with van der Waals surface area (Å²) < 4.78 is 27.3. The maximum atomic E-state index is 12.8. The SMILES string of the molecule is CCC1CN(C)CCCN1S(=O)(=O)c1ccc(NN)nc1. The van der Waals surface area contributed by atoms with Gasteiger partial charge in [-0.25, -0.2) is 19.2 Å². The predicted octanol–water partition coefficient (Wildman–Crippen LogP) is 0.472.